The number of anilines is 2. The summed E-state index contributed by atoms with van der Waals surface area (Å²) >= 11 is 0. The maximum absolute atomic E-state index is 13.3. The number of fused-ring (bicyclic) bond motifs is 1. The standard InChI is InChI=1S/C10H11FN2O2/c1-5-10(14)13-7-3-6(11)9(15-2)4-8(7)12-5/h3-5,12H,1-2H3,(H,13,14). The number of carbonyl (C=O) groups excluding carboxylic acids is 1. The fourth-order valence-electron chi connectivity index (χ4n) is 1.47. The second-order valence-electron chi connectivity index (χ2n) is 3.39. The van der Waals surface area contributed by atoms with Crippen LogP contribution in [-0.4, -0.2) is 19.1 Å². The van der Waals surface area contributed by atoms with Crippen molar-refractivity contribution < 1.29 is 13.9 Å². The fourth-order valence-corrected chi connectivity index (χ4v) is 1.47. The largest absolute Gasteiger partial charge is 0.494 e. The predicted molar refractivity (Wildman–Crippen MR) is 54.7 cm³/mol. The molecule has 1 aromatic rings. The van der Waals surface area contributed by atoms with Crippen LogP contribution < -0.4 is 15.4 Å². The summed E-state index contributed by atoms with van der Waals surface area (Å²) in [4.78, 5) is 11.3. The Morgan fingerprint density at radius 2 is 2.13 bits per heavy atom. The van der Waals surface area contributed by atoms with Gasteiger partial charge < -0.3 is 15.4 Å². The molecule has 2 N–H and O–H groups in total. The van der Waals surface area contributed by atoms with E-state index in [2.05, 4.69) is 10.6 Å². The van der Waals surface area contributed by atoms with Crippen molar-refractivity contribution in [1.82, 2.24) is 0 Å². The highest BCUT2D eigenvalue weighted by molar-refractivity contribution is 6.02. The molecule has 0 aromatic heterocycles. The number of rotatable bonds is 1. The van der Waals surface area contributed by atoms with E-state index in [1.807, 2.05) is 0 Å². The number of hydrogen-bond acceptors (Lipinski definition) is 3. The van der Waals surface area contributed by atoms with Gasteiger partial charge >= 0.3 is 0 Å². The smallest absolute Gasteiger partial charge is 0.246 e. The van der Waals surface area contributed by atoms with Crippen molar-refractivity contribution in [3.63, 3.8) is 0 Å². The van der Waals surface area contributed by atoms with Gasteiger partial charge in [0, 0.05) is 12.1 Å². The lowest BCUT2D eigenvalue weighted by Crippen LogP contribution is -2.36. The number of amides is 1. The molecule has 15 heavy (non-hydrogen) atoms. The number of benzene rings is 1. The highest BCUT2D eigenvalue weighted by Crippen LogP contribution is 2.32. The maximum Gasteiger partial charge on any atom is 0.246 e. The quantitative estimate of drug-likeness (QED) is 0.740. The first-order chi connectivity index (χ1) is 7.11. The molecule has 0 spiro atoms. The Morgan fingerprint density at radius 3 is 2.80 bits per heavy atom. The molecule has 80 valence electrons. The van der Waals surface area contributed by atoms with Crippen molar-refractivity contribution >= 4 is 17.3 Å². The Kier molecular flexibility index (Phi) is 2.22. The van der Waals surface area contributed by atoms with Crippen LogP contribution in [-0.2, 0) is 4.79 Å². The van der Waals surface area contributed by atoms with Gasteiger partial charge in [0.05, 0.1) is 18.5 Å². The molecule has 1 heterocycles. The van der Waals surface area contributed by atoms with Gasteiger partial charge in [-0.2, -0.15) is 0 Å². The number of carbonyl (C=O) groups is 1. The summed E-state index contributed by atoms with van der Waals surface area (Å²) in [6, 6.07) is 2.44. The summed E-state index contributed by atoms with van der Waals surface area (Å²) in [5, 5.41) is 5.56. The summed E-state index contributed by atoms with van der Waals surface area (Å²) in [5.41, 5.74) is 1.11. The molecule has 1 aromatic carbocycles. The average Bonchev–Trinajstić information content (AvgIpc) is 2.20. The maximum atomic E-state index is 13.3. The van der Waals surface area contributed by atoms with E-state index in [1.165, 1.54) is 19.2 Å². The van der Waals surface area contributed by atoms with Gasteiger partial charge in [0.1, 0.15) is 6.04 Å². The second kappa shape index (κ2) is 3.42. The molecule has 0 radical (unpaired) electrons. The van der Waals surface area contributed by atoms with Gasteiger partial charge in [0.15, 0.2) is 11.6 Å². The third kappa shape index (κ3) is 1.60. The van der Waals surface area contributed by atoms with Crippen LogP contribution in [0, 0.1) is 5.82 Å². The van der Waals surface area contributed by atoms with E-state index in [4.69, 9.17) is 4.74 Å². The van der Waals surface area contributed by atoms with Gasteiger partial charge in [-0.25, -0.2) is 4.39 Å². The fraction of sp³-hybridized carbons (Fsp3) is 0.300. The van der Waals surface area contributed by atoms with E-state index < -0.39 is 5.82 Å². The minimum atomic E-state index is -0.493. The van der Waals surface area contributed by atoms with Crippen LogP contribution in [0.1, 0.15) is 6.92 Å². The molecule has 1 aliphatic rings. The molecule has 1 aliphatic heterocycles. The van der Waals surface area contributed by atoms with Crippen LogP contribution in [0.5, 0.6) is 5.75 Å². The first kappa shape index (κ1) is 9.76. The molecule has 2 rings (SSSR count). The van der Waals surface area contributed by atoms with Crippen molar-refractivity contribution in [2.24, 2.45) is 0 Å². The molecule has 0 aliphatic carbocycles. The Hall–Kier alpha value is -1.78. The first-order valence-electron chi connectivity index (χ1n) is 4.56. The van der Waals surface area contributed by atoms with Crippen molar-refractivity contribution in [2.75, 3.05) is 17.7 Å². The highest BCUT2D eigenvalue weighted by atomic mass is 19.1. The molecule has 0 saturated carbocycles. The van der Waals surface area contributed by atoms with Gasteiger partial charge in [-0.05, 0) is 6.92 Å². The summed E-state index contributed by atoms with van der Waals surface area (Å²) in [7, 11) is 1.40. The second-order valence-corrected chi connectivity index (χ2v) is 3.39. The van der Waals surface area contributed by atoms with Crippen LogP contribution >= 0.6 is 0 Å². The van der Waals surface area contributed by atoms with Crippen LogP contribution in [0.4, 0.5) is 15.8 Å². The van der Waals surface area contributed by atoms with Crippen molar-refractivity contribution in [2.45, 2.75) is 13.0 Å². The SMILES string of the molecule is COc1cc2c(cc1F)NC(=O)C(C)N2. The van der Waals surface area contributed by atoms with Crippen molar-refractivity contribution in [3.05, 3.63) is 17.9 Å². The lowest BCUT2D eigenvalue weighted by molar-refractivity contribution is -0.116. The summed E-state index contributed by atoms with van der Waals surface area (Å²) in [6.45, 7) is 1.73. The molecular weight excluding hydrogens is 199 g/mol. The molecule has 1 unspecified atom stereocenters. The third-order valence-corrected chi connectivity index (χ3v) is 2.32. The van der Waals surface area contributed by atoms with Gasteiger partial charge in [-0.3, -0.25) is 4.79 Å². The van der Waals surface area contributed by atoms with E-state index in [9.17, 15) is 9.18 Å². The molecule has 0 bridgehead atoms. The van der Waals surface area contributed by atoms with Gasteiger partial charge in [0.25, 0.3) is 0 Å². The predicted octanol–water partition coefficient (Wildman–Crippen LogP) is 1.59. The molecule has 0 fully saturated rings. The lowest BCUT2D eigenvalue weighted by Gasteiger charge is -2.24. The van der Waals surface area contributed by atoms with E-state index in [-0.39, 0.29) is 17.7 Å². The van der Waals surface area contributed by atoms with Gasteiger partial charge in [0.2, 0.25) is 5.91 Å². The Bertz CT molecular complexity index is 420. The van der Waals surface area contributed by atoms with Crippen molar-refractivity contribution in [3.8, 4) is 5.75 Å². The van der Waals surface area contributed by atoms with Gasteiger partial charge in [-0.15, -0.1) is 0 Å². The van der Waals surface area contributed by atoms with Gasteiger partial charge in [-0.1, -0.05) is 0 Å². The average molecular weight is 210 g/mol. The number of halogens is 1. The molecular formula is C10H11FN2O2. The van der Waals surface area contributed by atoms with E-state index in [0.717, 1.165) is 0 Å². The zero-order chi connectivity index (χ0) is 11.0. The molecule has 1 amide bonds. The Labute approximate surface area is 86.4 Å². The summed E-state index contributed by atoms with van der Waals surface area (Å²) < 4.78 is 18.1. The van der Waals surface area contributed by atoms with E-state index in [1.54, 1.807) is 6.92 Å². The third-order valence-electron chi connectivity index (χ3n) is 2.32. The Balaban J connectivity index is 2.45. The van der Waals surface area contributed by atoms with E-state index in [0.29, 0.717) is 11.4 Å². The van der Waals surface area contributed by atoms with E-state index >= 15 is 0 Å². The Morgan fingerprint density at radius 1 is 1.40 bits per heavy atom. The van der Waals surface area contributed by atoms with Crippen LogP contribution in [0.15, 0.2) is 12.1 Å². The van der Waals surface area contributed by atoms with Crippen molar-refractivity contribution in [1.29, 1.82) is 0 Å². The monoisotopic (exact) mass is 210 g/mol. The van der Waals surface area contributed by atoms with Crippen LogP contribution in [0.25, 0.3) is 0 Å². The molecule has 1 atom stereocenters. The summed E-state index contributed by atoms with van der Waals surface area (Å²) in [6.07, 6.45) is 0. The number of hydrogen-bond donors (Lipinski definition) is 2. The summed E-state index contributed by atoms with van der Waals surface area (Å²) in [5.74, 6) is -0.510. The minimum Gasteiger partial charge on any atom is -0.494 e. The molecule has 0 saturated heterocycles. The number of ether oxygens (including phenoxy) is 1. The lowest BCUT2D eigenvalue weighted by atomic mass is 10.1. The molecule has 4 nitrogen and oxygen atoms in total. The van der Waals surface area contributed by atoms with Crippen LogP contribution in [0.3, 0.4) is 0 Å². The number of nitrogens with one attached hydrogen (secondary N) is 2. The zero-order valence-electron chi connectivity index (χ0n) is 8.43. The topological polar surface area (TPSA) is 50.4 Å². The molecule has 5 heteroatoms. The first-order valence-corrected chi connectivity index (χ1v) is 4.56. The minimum absolute atomic E-state index is 0.157. The number of methoxy groups -OCH3 is 1. The normalized spacial score (nSPS) is 18.9. The van der Waals surface area contributed by atoms with Crippen LogP contribution in [0.2, 0.25) is 0 Å². The highest BCUT2D eigenvalue weighted by Gasteiger charge is 2.22. The zero-order valence-corrected chi connectivity index (χ0v) is 8.43.